The van der Waals surface area contributed by atoms with Gasteiger partial charge in [0.25, 0.3) is 0 Å². The van der Waals surface area contributed by atoms with Gasteiger partial charge in [-0.1, -0.05) is 18.2 Å². The Labute approximate surface area is 72.7 Å². The molecule has 0 aromatic carbocycles. The van der Waals surface area contributed by atoms with E-state index < -0.39 is 0 Å². The first-order valence-corrected chi connectivity index (χ1v) is 3.83. The van der Waals surface area contributed by atoms with Gasteiger partial charge < -0.3 is 0 Å². The van der Waals surface area contributed by atoms with Gasteiger partial charge in [0.05, 0.1) is 6.54 Å². The molecule has 0 aliphatic heterocycles. The second-order valence-electron chi connectivity index (χ2n) is 2.71. The van der Waals surface area contributed by atoms with Crippen molar-refractivity contribution < 1.29 is 0 Å². The maximum absolute atomic E-state index is 4.18. The summed E-state index contributed by atoms with van der Waals surface area (Å²) in [5.41, 5.74) is 2.09. The number of rotatable bonds is 3. The van der Waals surface area contributed by atoms with Crippen LogP contribution in [-0.2, 0) is 0 Å². The second kappa shape index (κ2) is 4.44. The predicted molar refractivity (Wildman–Crippen MR) is 51.5 cm³/mol. The molecule has 0 atom stereocenters. The summed E-state index contributed by atoms with van der Waals surface area (Å²) >= 11 is 0. The average Bonchev–Trinajstić information content (AvgIpc) is 2.05. The van der Waals surface area contributed by atoms with E-state index in [2.05, 4.69) is 16.6 Å². The summed E-state index contributed by atoms with van der Waals surface area (Å²) in [7, 11) is 0. The van der Waals surface area contributed by atoms with Gasteiger partial charge in [0.1, 0.15) is 0 Å². The van der Waals surface area contributed by atoms with Crippen LogP contribution in [0.25, 0.3) is 0 Å². The molecule has 1 heterocycles. The molecule has 62 valence electrons. The van der Waals surface area contributed by atoms with Crippen LogP contribution in [0.5, 0.6) is 0 Å². The Hall–Kier alpha value is -1.44. The van der Waals surface area contributed by atoms with Crippen LogP contribution in [0.3, 0.4) is 0 Å². The molecular formula is C10H12N2. The van der Waals surface area contributed by atoms with E-state index in [9.17, 15) is 0 Å². The topological polar surface area (TPSA) is 25.2 Å². The Morgan fingerprint density at radius 2 is 2.58 bits per heavy atom. The molecule has 1 aromatic rings. The summed E-state index contributed by atoms with van der Waals surface area (Å²) in [4.78, 5) is 8.15. The SMILES string of the molecule is C=C(C)CN=Cc1cccnc1. The third-order valence-corrected chi connectivity index (χ3v) is 1.29. The van der Waals surface area contributed by atoms with Crippen molar-refractivity contribution in [2.24, 2.45) is 4.99 Å². The number of pyridine rings is 1. The second-order valence-corrected chi connectivity index (χ2v) is 2.71. The van der Waals surface area contributed by atoms with Crippen LogP contribution in [0, 0.1) is 0 Å². The lowest BCUT2D eigenvalue weighted by atomic mass is 10.3. The third-order valence-electron chi connectivity index (χ3n) is 1.29. The lowest BCUT2D eigenvalue weighted by Gasteiger charge is -1.91. The summed E-state index contributed by atoms with van der Waals surface area (Å²) in [5.74, 6) is 0. The van der Waals surface area contributed by atoms with E-state index in [0.29, 0.717) is 6.54 Å². The molecule has 0 spiro atoms. The minimum absolute atomic E-state index is 0.689. The quantitative estimate of drug-likeness (QED) is 0.491. The first-order valence-electron chi connectivity index (χ1n) is 3.83. The standard InChI is InChI=1S/C10H12N2/c1-9(2)6-12-8-10-4-3-5-11-7-10/h3-5,7-8H,1,6H2,2H3. The maximum Gasteiger partial charge on any atom is 0.0594 e. The number of hydrogen-bond acceptors (Lipinski definition) is 2. The summed E-state index contributed by atoms with van der Waals surface area (Å²) in [6.45, 7) is 6.41. The zero-order chi connectivity index (χ0) is 8.81. The Kier molecular flexibility index (Phi) is 3.20. The zero-order valence-corrected chi connectivity index (χ0v) is 7.20. The lowest BCUT2D eigenvalue weighted by molar-refractivity contribution is 1.15. The van der Waals surface area contributed by atoms with E-state index in [4.69, 9.17) is 0 Å². The zero-order valence-electron chi connectivity index (χ0n) is 7.20. The molecule has 0 amide bonds. The Morgan fingerprint density at radius 3 is 3.17 bits per heavy atom. The Bertz CT molecular complexity index is 275. The van der Waals surface area contributed by atoms with Crippen LogP contribution >= 0.6 is 0 Å². The summed E-state index contributed by atoms with van der Waals surface area (Å²) < 4.78 is 0. The Balaban J connectivity index is 2.52. The van der Waals surface area contributed by atoms with Gasteiger partial charge in [-0.2, -0.15) is 0 Å². The molecule has 1 aromatic heterocycles. The van der Waals surface area contributed by atoms with Gasteiger partial charge >= 0.3 is 0 Å². The van der Waals surface area contributed by atoms with Crippen LogP contribution in [-0.4, -0.2) is 17.7 Å². The van der Waals surface area contributed by atoms with Crippen molar-refractivity contribution in [3.8, 4) is 0 Å². The normalized spacial score (nSPS) is 10.4. The highest BCUT2D eigenvalue weighted by atomic mass is 14.7. The smallest absolute Gasteiger partial charge is 0.0594 e. The first kappa shape index (κ1) is 8.65. The summed E-state index contributed by atoms with van der Waals surface area (Å²) in [6.07, 6.45) is 5.33. The highest BCUT2D eigenvalue weighted by molar-refractivity contribution is 5.78. The van der Waals surface area contributed by atoms with E-state index in [0.717, 1.165) is 11.1 Å². The fourth-order valence-electron chi connectivity index (χ4n) is 0.759. The number of nitrogens with zero attached hydrogens (tertiary/aromatic N) is 2. The van der Waals surface area contributed by atoms with Crippen molar-refractivity contribution in [1.29, 1.82) is 0 Å². The van der Waals surface area contributed by atoms with Gasteiger partial charge in [-0.15, -0.1) is 0 Å². The molecule has 0 saturated carbocycles. The molecular weight excluding hydrogens is 148 g/mol. The van der Waals surface area contributed by atoms with Crippen LogP contribution in [0.15, 0.2) is 41.7 Å². The van der Waals surface area contributed by atoms with Gasteiger partial charge in [-0.3, -0.25) is 9.98 Å². The van der Waals surface area contributed by atoms with Crippen LogP contribution in [0.2, 0.25) is 0 Å². The van der Waals surface area contributed by atoms with E-state index in [1.807, 2.05) is 25.3 Å². The molecule has 0 N–H and O–H groups in total. The molecule has 0 bridgehead atoms. The van der Waals surface area contributed by atoms with Gasteiger partial charge in [0, 0.05) is 24.2 Å². The highest BCUT2D eigenvalue weighted by Gasteiger charge is 1.84. The van der Waals surface area contributed by atoms with Crippen LogP contribution < -0.4 is 0 Å². The molecule has 1 rings (SSSR count). The number of aromatic nitrogens is 1. The predicted octanol–water partition coefficient (Wildman–Crippen LogP) is 2.08. The fourth-order valence-corrected chi connectivity index (χ4v) is 0.759. The number of hydrogen-bond donors (Lipinski definition) is 0. The monoisotopic (exact) mass is 160 g/mol. The van der Waals surface area contributed by atoms with Gasteiger partial charge in [0.15, 0.2) is 0 Å². The maximum atomic E-state index is 4.18. The lowest BCUT2D eigenvalue weighted by Crippen LogP contribution is -1.85. The molecule has 0 aliphatic rings. The van der Waals surface area contributed by atoms with E-state index in [1.54, 1.807) is 12.4 Å². The molecule has 2 nitrogen and oxygen atoms in total. The van der Waals surface area contributed by atoms with Gasteiger partial charge in [0.2, 0.25) is 0 Å². The van der Waals surface area contributed by atoms with Crippen molar-refractivity contribution in [3.05, 3.63) is 42.2 Å². The molecule has 12 heavy (non-hydrogen) atoms. The van der Waals surface area contributed by atoms with Crippen molar-refractivity contribution in [2.45, 2.75) is 6.92 Å². The molecule has 0 fully saturated rings. The van der Waals surface area contributed by atoms with Crippen molar-refractivity contribution in [1.82, 2.24) is 4.98 Å². The van der Waals surface area contributed by atoms with Gasteiger partial charge in [-0.05, 0) is 13.0 Å². The molecule has 0 aliphatic carbocycles. The fraction of sp³-hybridized carbons (Fsp3) is 0.200. The van der Waals surface area contributed by atoms with Crippen molar-refractivity contribution >= 4 is 6.21 Å². The summed E-state index contributed by atoms with van der Waals surface area (Å²) in [5, 5.41) is 0. The minimum atomic E-state index is 0.689. The average molecular weight is 160 g/mol. The van der Waals surface area contributed by atoms with Crippen molar-refractivity contribution in [2.75, 3.05) is 6.54 Å². The van der Waals surface area contributed by atoms with Crippen LogP contribution in [0.4, 0.5) is 0 Å². The first-order chi connectivity index (χ1) is 5.79. The van der Waals surface area contributed by atoms with Gasteiger partial charge in [-0.25, -0.2) is 0 Å². The summed E-state index contributed by atoms with van der Waals surface area (Å²) in [6, 6.07) is 3.86. The molecule has 0 unspecified atom stereocenters. The van der Waals surface area contributed by atoms with Crippen molar-refractivity contribution in [3.63, 3.8) is 0 Å². The molecule has 0 saturated heterocycles. The van der Waals surface area contributed by atoms with Crippen LogP contribution in [0.1, 0.15) is 12.5 Å². The minimum Gasteiger partial charge on any atom is -0.288 e. The Morgan fingerprint density at radius 1 is 1.75 bits per heavy atom. The largest absolute Gasteiger partial charge is 0.288 e. The highest BCUT2D eigenvalue weighted by Crippen LogP contribution is 1.92. The molecule has 2 heteroatoms. The van der Waals surface area contributed by atoms with E-state index >= 15 is 0 Å². The number of aliphatic imine (C=N–C) groups is 1. The molecule has 0 radical (unpaired) electrons. The van der Waals surface area contributed by atoms with E-state index in [1.165, 1.54) is 0 Å². The third kappa shape index (κ3) is 3.10. The van der Waals surface area contributed by atoms with E-state index in [-0.39, 0.29) is 0 Å².